The van der Waals surface area contributed by atoms with Crippen LogP contribution in [0.5, 0.6) is 0 Å². The second-order valence-corrected chi connectivity index (χ2v) is 6.54. The van der Waals surface area contributed by atoms with Gasteiger partial charge in [0.2, 0.25) is 0 Å². The van der Waals surface area contributed by atoms with Crippen molar-refractivity contribution in [3.8, 4) is 0 Å². The van der Waals surface area contributed by atoms with Gasteiger partial charge in [0, 0.05) is 31.5 Å². The summed E-state index contributed by atoms with van der Waals surface area (Å²) in [5.41, 5.74) is 16.4. The molecule has 0 radical (unpaired) electrons. The Bertz CT molecular complexity index is 739. The molecular formula is C18H23N5O. The van der Waals surface area contributed by atoms with Crippen LogP contribution in [0.1, 0.15) is 19.8 Å². The lowest BCUT2D eigenvalue weighted by Gasteiger charge is -2.36. The molecule has 126 valence electrons. The normalized spacial score (nSPS) is 26.4. The Labute approximate surface area is 142 Å². The molecule has 1 saturated heterocycles. The molecule has 6 nitrogen and oxygen atoms in total. The van der Waals surface area contributed by atoms with Crippen molar-refractivity contribution in [3.63, 3.8) is 0 Å². The molecular weight excluding hydrogens is 302 g/mol. The van der Waals surface area contributed by atoms with Crippen molar-refractivity contribution in [2.45, 2.75) is 32.0 Å². The monoisotopic (exact) mass is 325 g/mol. The highest BCUT2D eigenvalue weighted by atomic mass is 16.5. The largest absolute Gasteiger partial charge is 0.469 e. The number of aromatic nitrogens is 1. The van der Waals surface area contributed by atoms with Gasteiger partial charge in [0.1, 0.15) is 5.76 Å². The molecule has 2 atom stereocenters. The number of anilines is 2. The van der Waals surface area contributed by atoms with E-state index in [9.17, 15) is 0 Å². The molecule has 4 heterocycles. The summed E-state index contributed by atoms with van der Waals surface area (Å²) in [6.45, 7) is 3.91. The van der Waals surface area contributed by atoms with Gasteiger partial charge in [0.15, 0.2) is 6.23 Å². The fourth-order valence-corrected chi connectivity index (χ4v) is 3.56. The molecule has 4 rings (SSSR count). The van der Waals surface area contributed by atoms with Crippen LogP contribution in [-0.4, -0.2) is 30.3 Å². The topological polar surface area (TPSA) is 80.6 Å². The maximum Gasteiger partial charge on any atom is 0.169 e. The number of rotatable bonds is 2. The number of piperidine rings is 1. The van der Waals surface area contributed by atoms with E-state index in [4.69, 9.17) is 16.2 Å². The second-order valence-electron chi connectivity index (χ2n) is 6.54. The van der Waals surface area contributed by atoms with E-state index in [0.717, 1.165) is 54.3 Å². The Morgan fingerprint density at radius 3 is 3.00 bits per heavy atom. The van der Waals surface area contributed by atoms with Crippen molar-refractivity contribution in [2.75, 3.05) is 22.9 Å². The molecule has 1 aromatic rings. The van der Waals surface area contributed by atoms with E-state index in [-0.39, 0.29) is 6.04 Å². The van der Waals surface area contributed by atoms with Crippen LogP contribution in [0, 0.1) is 0 Å². The van der Waals surface area contributed by atoms with Crippen LogP contribution in [0.25, 0.3) is 0 Å². The minimum Gasteiger partial charge on any atom is -0.469 e. The van der Waals surface area contributed by atoms with Crippen molar-refractivity contribution in [3.05, 3.63) is 53.8 Å². The highest BCUT2D eigenvalue weighted by molar-refractivity contribution is 5.76. The molecule has 4 N–H and O–H groups in total. The van der Waals surface area contributed by atoms with Gasteiger partial charge in [-0.05, 0) is 43.6 Å². The number of fused-ring (bicyclic) bond motifs is 1. The maximum absolute atomic E-state index is 6.17. The zero-order chi connectivity index (χ0) is 16.7. The van der Waals surface area contributed by atoms with Gasteiger partial charge in [-0.2, -0.15) is 0 Å². The first-order valence-corrected chi connectivity index (χ1v) is 8.41. The highest BCUT2D eigenvalue weighted by Gasteiger charge is 2.30. The van der Waals surface area contributed by atoms with E-state index in [1.807, 2.05) is 31.5 Å². The summed E-state index contributed by atoms with van der Waals surface area (Å²) >= 11 is 0. The second kappa shape index (κ2) is 5.96. The van der Waals surface area contributed by atoms with Crippen molar-refractivity contribution in [2.24, 2.45) is 11.5 Å². The first-order valence-electron chi connectivity index (χ1n) is 8.41. The molecule has 6 heteroatoms. The first-order chi connectivity index (χ1) is 11.6. The molecule has 24 heavy (non-hydrogen) atoms. The number of ether oxygens (including phenoxy) is 1. The van der Waals surface area contributed by atoms with Crippen LogP contribution in [0.2, 0.25) is 0 Å². The van der Waals surface area contributed by atoms with Crippen LogP contribution >= 0.6 is 0 Å². The summed E-state index contributed by atoms with van der Waals surface area (Å²) in [6, 6.07) is 2.28. The summed E-state index contributed by atoms with van der Waals surface area (Å²) in [5, 5.41) is 0. The summed E-state index contributed by atoms with van der Waals surface area (Å²) in [6.07, 6.45) is 11.6. The molecule has 0 amide bonds. The average molecular weight is 325 g/mol. The summed E-state index contributed by atoms with van der Waals surface area (Å²) < 4.78 is 5.75. The summed E-state index contributed by atoms with van der Waals surface area (Å²) in [5.74, 6) is 0.843. The molecule has 0 spiro atoms. The van der Waals surface area contributed by atoms with Crippen molar-refractivity contribution in [1.82, 2.24) is 4.98 Å². The minimum absolute atomic E-state index is 0.219. The Morgan fingerprint density at radius 2 is 2.17 bits per heavy atom. The standard InChI is InChI=1S/C18H23N5O/c1-12-5-8-23(15-9-17(20)24-18(12)15)16-10-21-6-4-14(16)22-7-2-3-13(19)11-22/h4-6,8-10,13,17H,2-3,7,11,19-20H2,1H3/t13-,17?/m0/s1. The van der Waals surface area contributed by atoms with Crippen LogP contribution in [0.15, 0.2) is 53.8 Å². The third-order valence-electron chi connectivity index (χ3n) is 4.74. The van der Waals surface area contributed by atoms with Gasteiger partial charge in [-0.1, -0.05) is 0 Å². The fourth-order valence-electron chi connectivity index (χ4n) is 3.56. The van der Waals surface area contributed by atoms with E-state index >= 15 is 0 Å². The average Bonchev–Trinajstić information content (AvgIpc) is 2.98. The lowest BCUT2D eigenvalue weighted by atomic mass is 10.1. The molecule has 1 fully saturated rings. The van der Waals surface area contributed by atoms with Crippen LogP contribution < -0.4 is 21.3 Å². The van der Waals surface area contributed by atoms with Gasteiger partial charge < -0.3 is 20.3 Å². The van der Waals surface area contributed by atoms with Crippen molar-refractivity contribution < 1.29 is 4.74 Å². The van der Waals surface area contributed by atoms with Gasteiger partial charge in [0.05, 0.1) is 23.3 Å². The number of nitrogens with two attached hydrogens (primary N) is 2. The maximum atomic E-state index is 6.17. The van der Waals surface area contributed by atoms with E-state index in [1.54, 1.807) is 0 Å². The third-order valence-corrected chi connectivity index (χ3v) is 4.74. The van der Waals surface area contributed by atoms with Crippen LogP contribution in [0.3, 0.4) is 0 Å². The van der Waals surface area contributed by atoms with E-state index in [1.165, 1.54) is 0 Å². The summed E-state index contributed by atoms with van der Waals surface area (Å²) in [7, 11) is 0. The molecule has 3 aliphatic heterocycles. The van der Waals surface area contributed by atoms with Crippen molar-refractivity contribution in [1.29, 1.82) is 0 Å². The predicted octanol–water partition coefficient (Wildman–Crippen LogP) is 1.82. The Hall–Kier alpha value is -2.31. The molecule has 0 bridgehead atoms. The molecule has 3 aliphatic rings. The Balaban J connectivity index is 1.73. The minimum atomic E-state index is -0.407. The zero-order valence-electron chi connectivity index (χ0n) is 13.9. The number of nitrogens with zero attached hydrogens (tertiary/aromatic N) is 3. The van der Waals surface area contributed by atoms with E-state index in [0.29, 0.717) is 0 Å². The van der Waals surface area contributed by atoms with Gasteiger partial charge in [0.25, 0.3) is 0 Å². The zero-order valence-corrected chi connectivity index (χ0v) is 13.9. The predicted molar refractivity (Wildman–Crippen MR) is 95.1 cm³/mol. The van der Waals surface area contributed by atoms with Crippen LogP contribution in [-0.2, 0) is 4.74 Å². The third kappa shape index (κ3) is 2.57. The van der Waals surface area contributed by atoms with E-state index in [2.05, 4.69) is 27.1 Å². The Kier molecular flexibility index (Phi) is 3.78. The Morgan fingerprint density at radius 1 is 1.29 bits per heavy atom. The van der Waals surface area contributed by atoms with Crippen molar-refractivity contribution >= 4 is 11.4 Å². The molecule has 0 aliphatic carbocycles. The SMILES string of the molecule is CC1=C2OC(N)C=C2N(c2cnccc2N2CCC[C@H](N)C2)C=C1. The molecule has 0 saturated carbocycles. The van der Waals surface area contributed by atoms with Gasteiger partial charge in [-0.15, -0.1) is 0 Å². The van der Waals surface area contributed by atoms with Crippen LogP contribution in [0.4, 0.5) is 11.4 Å². The number of allylic oxidation sites excluding steroid dienone is 2. The quantitative estimate of drug-likeness (QED) is 0.863. The lowest BCUT2D eigenvalue weighted by Crippen LogP contribution is -2.43. The molecule has 0 aromatic carbocycles. The first kappa shape index (κ1) is 15.2. The number of hydrogen-bond acceptors (Lipinski definition) is 6. The fraction of sp³-hybridized carbons (Fsp3) is 0.389. The number of hydrogen-bond donors (Lipinski definition) is 2. The smallest absolute Gasteiger partial charge is 0.169 e. The van der Waals surface area contributed by atoms with E-state index < -0.39 is 6.23 Å². The molecule has 1 unspecified atom stereocenters. The van der Waals surface area contributed by atoms with Gasteiger partial charge >= 0.3 is 0 Å². The highest BCUT2D eigenvalue weighted by Crippen LogP contribution is 2.39. The van der Waals surface area contributed by atoms with Gasteiger partial charge in [-0.3, -0.25) is 10.7 Å². The van der Waals surface area contributed by atoms with Gasteiger partial charge in [-0.25, -0.2) is 0 Å². The molecule has 1 aromatic heterocycles. The number of pyridine rings is 1. The summed E-state index contributed by atoms with van der Waals surface area (Å²) in [4.78, 5) is 8.79. The lowest BCUT2D eigenvalue weighted by molar-refractivity contribution is 0.184.